The van der Waals surface area contributed by atoms with Crippen molar-refractivity contribution in [2.24, 2.45) is 0 Å². The molecule has 2 aromatic carbocycles. The summed E-state index contributed by atoms with van der Waals surface area (Å²) in [5.41, 5.74) is 1.51. The van der Waals surface area contributed by atoms with Crippen LogP contribution in [0, 0.1) is 0 Å². The second kappa shape index (κ2) is 8.59. The number of nitrogens with one attached hydrogen (secondary N) is 2. The molecular weight excluding hydrogens is 392 g/mol. The highest BCUT2D eigenvalue weighted by Gasteiger charge is 2.14. The Hall–Kier alpha value is -2.97. The van der Waals surface area contributed by atoms with Gasteiger partial charge in [0.2, 0.25) is 10.0 Å². The van der Waals surface area contributed by atoms with Gasteiger partial charge in [0.25, 0.3) is 5.91 Å². The summed E-state index contributed by atoms with van der Waals surface area (Å²) in [5.74, 6) is -0.670. The van der Waals surface area contributed by atoms with Gasteiger partial charge in [-0.05, 0) is 37.1 Å². The summed E-state index contributed by atoms with van der Waals surface area (Å²) < 4.78 is 32.0. The van der Waals surface area contributed by atoms with Gasteiger partial charge in [0.15, 0.2) is 11.2 Å². The average molecular weight is 414 g/mol. The topological polar surface area (TPSA) is 105 Å². The Bertz CT molecular complexity index is 1180. The van der Waals surface area contributed by atoms with Crippen LogP contribution in [0.5, 0.6) is 0 Å². The zero-order valence-corrected chi connectivity index (χ0v) is 17.0. The van der Waals surface area contributed by atoms with E-state index in [2.05, 4.69) is 10.0 Å². The normalized spacial score (nSPS) is 11.7. The van der Waals surface area contributed by atoms with Crippen LogP contribution in [-0.4, -0.2) is 20.4 Å². The zero-order valence-electron chi connectivity index (χ0n) is 16.1. The van der Waals surface area contributed by atoms with Gasteiger partial charge < -0.3 is 9.73 Å². The second-order valence-corrected chi connectivity index (χ2v) is 8.76. The molecule has 0 radical (unpaired) electrons. The number of hydrogen-bond acceptors (Lipinski definition) is 5. The Kier molecular flexibility index (Phi) is 6.14. The monoisotopic (exact) mass is 414 g/mol. The first-order chi connectivity index (χ1) is 13.7. The van der Waals surface area contributed by atoms with Crippen LogP contribution in [-0.2, 0) is 22.3 Å². The molecule has 0 aliphatic rings. The van der Waals surface area contributed by atoms with E-state index < -0.39 is 15.9 Å². The molecule has 0 spiro atoms. The smallest absolute Gasteiger partial charge is 0.287 e. The lowest BCUT2D eigenvalue weighted by molar-refractivity contribution is 0.0923. The maximum absolute atomic E-state index is 12.3. The van der Waals surface area contributed by atoms with Gasteiger partial charge in [0, 0.05) is 18.7 Å². The van der Waals surface area contributed by atoms with Crippen LogP contribution in [0.15, 0.2) is 63.8 Å². The Labute approximate surface area is 168 Å². The molecule has 0 bridgehead atoms. The van der Waals surface area contributed by atoms with E-state index in [1.165, 1.54) is 6.07 Å². The molecule has 2 N–H and O–H groups in total. The maximum Gasteiger partial charge on any atom is 0.287 e. The van der Waals surface area contributed by atoms with E-state index in [0.717, 1.165) is 5.56 Å². The first kappa shape index (κ1) is 20.8. The predicted molar refractivity (Wildman–Crippen MR) is 111 cm³/mol. The highest BCUT2D eigenvalue weighted by molar-refractivity contribution is 7.88. The minimum Gasteiger partial charge on any atom is -0.451 e. The van der Waals surface area contributed by atoms with Crippen molar-refractivity contribution >= 4 is 26.9 Å². The van der Waals surface area contributed by atoms with E-state index >= 15 is 0 Å². The number of carbonyl (C=O) groups excluding carboxylic acids is 1. The molecule has 1 amide bonds. The number of hydrogen-bond donors (Lipinski definition) is 2. The van der Waals surface area contributed by atoms with Crippen LogP contribution in [0.4, 0.5) is 0 Å². The molecule has 7 nitrogen and oxygen atoms in total. The minimum atomic E-state index is -3.39. The average Bonchev–Trinajstić information content (AvgIpc) is 2.66. The van der Waals surface area contributed by atoms with Gasteiger partial charge in [-0.1, -0.05) is 36.4 Å². The molecule has 0 aliphatic heterocycles. The summed E-state index contributed by atoms with van der Waals surface area (Å²) in [6, 6.07) is 14.6. The van der Waals surface area contributed by atoms with E-state index in [1.807, 2.05) is 0 Å². The molecule has 0 fully saturated rings. The third-order valence-corrected chi connectivity index (χ3v) is 5.65. The van der Waals surface area contributed by atoms with Crippen molar-refractivity contribution in [3.05, 3.63) is 81.7 Å². The SMILES string of the molecule is CC(C)NS(=O)(=O)Cc1ccc(CNC(=O)c2cc(=O)c3ccccc3o2)cc1. The number of para-hydroxylation sites is 1. The molecule has 8 heteroatoms. The van der Waals surface area contributed by atoms with Crippen LogP contribution in [0.2, 0.25) is 0 Å². The predicted octanol–water partition coefficient (Wildman–Crippen LogP) is 2.55. The number of fused-ring (bicyclic) bond motifs is 1. The van der Waals surface area contributed by atoms with Crippen LogP contribution in [0.3, 0.4) is 0 Å². The van der Waals surface area contributed by atoms with E-state index in [4.69, 9.17) is 4.42 Å². The molecule has 1 aromatic heterocycles. The van der Waals surface area contributed by atoms with E-state index in [0.29, 0.717) is 16.5 Å². The first-order valence-electron chi connectivity index (χ1n) is 9.12. The second-order valence-electron chi connectivity index (χ2n) is 7.00. The van der Waals surface area contributed by atoms with Crippen LogP contribution in [0.1, 0.15) is 35.5 Å². The van der Waals surface area contributed by atoms with Crippen LogP contribution >= 0.6 is 0 Å². The summed E-state index contributed by atoms with van der Waals surface area (Å²) in [7, 11) is -3.39. The molecule has 1 heterocycles. The first-order valence-corrected chi connectivity index (χ1v) is 10.8. The number of sulfonamides is 1. The van der Waals surface area contributed by atoms with Crippen LogP contribution in [0.25, 0.3) is 11.0 Å². The van der Waals surface area contributed by atoms with Gasteiger partial charge in [-0.15, -0.1) is 0 Å². The molecule has 0 aliphatic carbocycles. The van der Waals surface area contributed by atoms with Crippen molar-refractivity contribution < 1.29 is 17.6 Å². The highest BCUT2D eigenvalue weighted by atomic mass is 32.2. The number of rotatable bonds is 7. The van der Waals surface area contributed by atoms with Gasteiger partial charge in [-0.25, -0.2) is 13.1 Å². The van der Waals surface area contributed by atoms with E-state index in [1.54, 1.807) is 62.4 Å². The summed E-state index contributed by atoms with van der Waals surface area (Å²) in [4.78, 5) is 24.4. The van der Waals surface area contributed by atoms with E-state index in [-0.39, 0.29) is 29.5 Å². The van der Waals surface area contributed by atoms with Crippen molar-refractivity contribution in [2.45, 2.75) is 32.2 Å². The summed E-state index contributed by atoms with van der Waals surface area (Å²) in [6.45, 7) is 3.74. The molecule has 3 aromatic rings. The van der Waals surface area contributed by atoms with Gasteiger partial charge in [0.1, 0.15) is 5.58 Å². The van der Waals surface area contributed by atoms with Gasteiger partial charge in [-0.2, -0.15) is 0 Å². The Morgan fingerprint density at radius 3 is 2.38 bits per heavy atom. The summed E-state index contributed by atoms with van der Waals surface area (Å²) >= 11 is 0. The number of amides is 1. The zero-order chi connectivity index (χ0) is 21.0. The van der Waals surface area contributed by atoms with Gasteiger partial charge in [-0.3, -0.25) is 9.59 Å². The molecule has 29 heavy (non-hydrogen) atoms. The Balaban J connectivity index is 1.64. The fourth-order valence-corrected chi connectivity index (χ4v) is 4.29. The van der Waals surface area contributed by atoms with Crippen molar-refractivity contribution in [3.8, 4) is 0 Å². The minimum absolute atomic E-state index is 0.0591. The van der Waals surface area contributed by atoms with Gasteiger partial charge in [0.05, 0.1) is 11.1 Å². The fraction of sp³-hybridized carbons (Fsp3) is 0.238. The maximum atomic E-state index is 12.3. The summed E-state index contributed by atoms with van der Waals surface area (Å²) in [6.07, 6.45) is 0. The summed E-state index contributed by atoms with van der Waals surface area (Å²) in [5, 5.41) is 3.12. The largest absolute Gasteiger partial charge is 0.451 e. The molecule has 3 rings (SSSR count). The van der Waals surface area contributed by atoms with Crippen molar-refractivity contribution in [1.29, 1.82) is 0 Å². The van der Waals surface area contributed by atoms with Gasteiger partial charge >= 0.3 is 0 Å². The molecule has 152 valence electrons. The quantitative estimate of drug-likeness (QED) is 0.618. The van der Waals surface area contributed by atoms with Crippen molar-refractivity contribution in [1.82, 2.24) is 10.0 Å². The lowest BCUT2D eigenvalue weighted by Crippen LogP contribution is -2.31. The lowest BCUT2D eigenvalue weighted by Gasteiger charge is -2.10. The third-order valence-electron chi connectivity index (χ3n) is 4.11. The number of benzene rings is 2. The Morgan fingerprint density at radius 2 is 1.69 bits per heavy atom. The lowest BCUT2D eigenvalue weighted by atomic mass is 10.1. The molecule has 0 saturated carbocycles. The number of carbonyl (C=O) groups is 1. The molecule has 0 unspecified atom stereocenters. The van der Waals surface area contributed by atoms with Crippen molar-refractivity contribution in [3.63, 3.8) is 0 Å². The molecule has 0 saturated heterocycles. The third kappa shape index (κ3) is 5.52. The Morgan fingerprint density at radius 1 is 1.03 bits per heavy atom. The highest BCUT2D eigenvalue weighted by Crippen LogP contribution is 2.12. The molecular formula is C21H22N2O5S. The fourth-order valence-electron chi connectivity index (χ4n) is 2.86. The standard InChI is InChI=1S/C21H22N2O5S/c1-14(2)23-29(26,27)13-16-9-7-15(8-10-16)12-22-21(25)20-11-18(24)17-5-3-4-6-19(17)28-20/h3-11,14,23H,12-13H2,1-2H3,(H,22,25). The van der Waals surface area contributed by atoms with Crippen molar-refractivity contribution in [2.75, 3.05) is 0 Å². The molecule has 0 atom stereocenters. The van der Waals surface area contributed by atoms with Crippen LogP contribution < -0.4 is 15.5 Å². The van der Waals surface area contributed by atoms with E-state index in [9.17, 15) is 18.0 Å².